The minimum Gasteiger partial charge on any atom is -0.342 e. The molecular weight excluding hydrogens is 182 g/mol. The van der Waals surface area contributed by atoms with Crippen LogP contribution in [0.15, 0.2) is 0 Å². The molecular formula is C10H17NOS. The lowest BCUT2D eigenvalue weighted by Gasteiger charge is -2.34. The van der Waals surface area contributed by atoms with Gasteiger partial charge in [-0.2, -0.15) is 11.8 Å². The molecule has 2 nitrogen and oxygen atoms in total. The number of carbonyl (C=O) groups excluding carboxylic acids is 1. The fourth-order valence-electron chi connectivity index (χ4n) is 2.26. The van der Waals surface area contributed by atoms with Crippen LogP contribution in [0, 0.1) is 5.92 Å². The minimum atomic E-state index is 0.343. The first kappa shape index (κ1) is 9.38. The van der Waals surface area contributed by atoms with E-state index in [4.69, 9.17) is 0 Å². The van der Waals surface area contributed by atoms with Gasteiger partial charge in [-0.3, -0.25) is 4.79 Å². The van der Waals surface area contributed by atoms with E-state index in [9.17, 15) is 4.79 Å². The maximum atomic E-state index is 11.9. The zero-order valence-electron chi connectivity index (χ0n) is 8.16. The fraction of sp³-hybridized carbons (Fsp3) is 0.900. The Kier molecular flexibility index (Phi) is 2.82. The van der Waals surface area contributed by atoms with E-state index in [1.807, 2.05) is 16.7 Å². The first-order chi connectivity index (χ1) is 6.33. The van der Waals surface area contributed by atoms with Gasteiger partial charge >= 0.3 is 0 Å². The number of likely N-dealkylation sites (tertiary alicyclic amines) is 1. The second-order valence-corrected chi connectivity index (χ2v) is 5.07. The zero-order valence-corrected chi connectivity index (χ0v) is 8.98. The summed E-state index contributed by atoms with van der Waals surface area (Å²) in [6.07, 6.45) is 6.96. The number of nitrogens with zero attached hydrogens (tertiary/aromatic N) is 1. The third-order valence-corrected chi connectivity index (χ3v) is 4.41. The van der Waals surface area contributed by atoms with E-state index in [0.717, 1.165) is 19.5 Å². The van der Waals surface area contributed by atoms with Crippen molar-refractivity contribution in [3.8, 4) is 0 Å². The number of hydrogen-bond acceptors (Lipinski definition) is 2. The molecule has 2 aliphatic rings. The molecule has 2 rings (SSSR count). The van der Waals surface area contributed by atoms with E-state index in [1.165, 1.54) is 19.3 Å². The molecule has 0 N–H and O–H groups in total. The molecule has 0 aromatic carbocycles. The van der Waals surface area contributed by atoms with Crippen molar-refractivity contribution in [1.82, 2.24) is 4.90 Å². The summed E-state index contributed by atoms with van der Waals surface area (Å²) >= 11 is 1.87. The van der Waals surface area contributed by atoms with Crippen LogP contribution in [0.3, 0.4) is 0 Å². The van der Waals surface area contributed by atoms with Crippen LogP contribution in [-0.4, -0.2) is 35.4 Å². The normalized spacial score (nSPS) is 33.2. The number of rotatable bonds is 2. The topological polar surface area (TPSA) is 20.3 Å². The highest BCUT2D eigenvalue weighted by Gasteiger charge is 2.36. The molecule has 2 atom stereocenters. The van der Waals surface area contributed by atoms with E-state index < -0.39 is 0 Å². The summed E-state index contributed by atoms with van der Waals surface area (Å²) in [6, 6.07) is 0. The Bertz CT molecular complexity index is 203. The van der Waals surface area contributed by atoms with Gasteiger partial charge in [0.15, 0.2) is 0 Å². The van der Waals surface area contributed by atoms with Crippen LogP contribution < -0.4 is 0 Å². The third-order valence-electron chi connectivity index (χ3n) is 3.24. The minimum absolute atomic E-state index is 0.343. The van der Waals surface area contributed by atoms with Crippen LogP contribution in [0.2, 0.25) is 0 Å². The number of carbonyl (C=O) groups is 1. The summed E-state index contributed by atoms with van der Waals surface area (Å²) in [5, 5.41) is 0.605. The van der Waals surface area contributed by atoms with Gasteiger partial charge in [-0.25, -0.2) is 0 Å². The number of amides is 1. The number of hydrogen-bond donors (Lipinski definition) is 0. The van der Waals surface area contributed by atoms with Crippen molar-refractivity contribution in [3.05, 3.63) is 0 Å². The Morgan fingerprint density at radius 3 is 2.62 bits per heavy atom. The van der Waals surface area contributed by atoms with Crippen molar-refractivity contribution < 1.29 is 4.79 Å². The molecule has 2 unspecified atom stereocenters. The molecule has 1 amide bonds. The van der Waals surface area contributed by atoms with Crippen LogP contribution in [-0.2, 0) is 4.79 Å². The predicted molar refractivity (Wildman–Crippen MR) is 55.8 cm³/mol. The Balaban J connectivity index is 1.94. The molecule has 0 bridgehead atoms. The summed E-state index contributed by atoms with van der Waals surface area (Å²) in [6.45, 7) is 2.02. The maximum Gasteiger partial charge on any atom is 0.226 e. The molecule has 0 aromatic heterocycles. The SMILES string of the molecule is CSC1CCCC1C(=O)N1CCC1. The smallest absolute Gasteiger partial charge is 0.226 e. The quantitative estimate of drug-likeness (QED) is 0.675. The van der Waals surface area contributed by atoms with Crippen molar-refractivity contribution in [1.29, 1.82) is 0 Å². The summed E-state index contributed by atoms with van der Waals surface area (Å²) in [7, 11) is 0. The van der Waals surface area contributed by atoms with Crippen LogP contribution in [0.25, 0.3) is 0 Å². The average Bonchev–Trinajstić information content (AvgIpc) is 2.47. The predicted octanol–water partition coefficient (Wildman–Crippen LogP) is 1.75. The van der Waals surface area contributed by atoms with Gasteiger partial charge in [0.05, 0.1) is 0 Å². The van der Waals surface area contributed by atoms with E-state index >= 15 is 0 Å². The molecule has 1 saturated carbocycles. The Morgan fingerprint density at radius 2 is 2.08 bits per heavy atom. The maximum absolute atomic E-state index is 11.9. The van der Waals surface area contributed by atoms with Gasteiger partial charge < -0.3 is 4.90 Å². The second kappa shape index (κ2) is 3.91. The van der Waals surface area contributed by atoms with Gasteiger partial charge in [0.2, 0.25) is 5.91 Å². The molecule has 3 heteroatoms. The fourth-order valence-corrected chi connectivity index (χ4v) is 3.25. The molecule has 0 aromatic rings. The zero-order chi connectivity index (χ0) is 9.26. The van der Waals surface area contributed by atoms with Crippen LogP contribution in [0.5, 0.6) is 0 Å². The summed E-state index contributed by atoms with van der Waals surface area (Å²) in [5.74, 6) is 0.776. The van der Waals surface area contributed by atoms with Crippen LogP contribution in [0.1, 0.15) is 25.7 Å². The van der Waals surface area contributed by atoms with Gasteiger partial charge in [0, 0.05) is 24.3 Å². The lowest BCUT2D eigenvalue weighted by molar-refractivity contribution is -0.138. The van der Waals surface area contributed by atoms with Crippen molar-refractivity contribution >= 4 is 17.7 Å². The Hall–Kier alpha value is -0.180. The molecule has 1 aliphatic heterocycles. The van der Waals surface area contributed by atoms with Gasteiger partial charge in [0.1, 0.15) is 0 Å². The van der Waals surface area contributed by atoms with Gasteiger partial charge in [-0.1, -0.05) is 6.42 Å². The monoisotopic (exact) mass is 199 g/mol. The average molecular weight is 199 g/mol. The van der Waals surface area contributed by atoms with Crippen molar-refractivity contribution in [2.24, 2.45) is 5.92 Å². The van der Waals surface area contributed by atoms with E-state index in [-0.39, 0.29) is 0 Å². The molecule has 74 valence electrons. The number of thioether (sulfide) groups is 1. The van der Waals surface area contributed by atoms with E-state index in [2.05, 4.69) is 6.26 Å². The highest BCUT2D eigenvalue weighted by Crippen LogP contribution is 2.35. The molecule has 1 aliphatic carbocycles. The summed E-state index contributed by atoms with van der Waals surface area (Å²) in [4.78, 5) is 13.9. The molecule has 1 saturated heterocycles. The van der Waals surface area contributed by atoms with Crippen molar-refractivity contribution in [3.63, 3.8) is 0 Å². The van der Waals surface area contributed by atoms with Crippen molar-refractivity contribution in [2.45, 2.75) is 30.9 Å². The molecule has 13 heavy (non-hydrogen) atoms. The van der Waals surface area contributed by atoms with E-state index in [0.29, 0.717) is 17.1 Å². The van der Waals surface area contributed by atoms with Gasteiger partial charge in [-0.15, -0.1) is 0 Å². The second-order valence-electron chi connectivity index (χ2n) is 3.99. The van der Waals surface area contributed by atoms with Crippen molar-refractivity contribution in [2.75, 3.05) is 19.3 Å². The molecule has 0 radical (unpaired) electrons. The molecule has 0 spiro atoms. The lowest BCUT2D eigenvalue weighted by Crippen LogP contribution is -2.46. The Labute approximate surface area is 84.1 Å². The molecule has 1 heterocycles. The molecule has 2 fully saturated rings. The van der Waals surface area contributed by atoms with Gasteiger partial charge in [-0.05, 0) is 25.5 Å². The summed E-state index contributed by atoms with van der Waals surface area (Å²) < 4.78 is 0. The lowest BCUT2D eigenvalue weighted by atomic mass is 10.0. The van der Waals surface area contributed by atoms with E-state index in [1.54, 1.807) is 0 Å². The highest BCUT2D eigenvalue weighted by molar-refractivity contribution is 7.99. The first-order valence-corrected chi connectivity index (χ1v) is 6.43. The third kappa shape index (κ3) is 1.71. The Morgan fingerprint density at radius 1 is 1.31 bits per heavy atom. The van der Waals surface area contributed by atoms with Crippen LogP contribution >= 0.6 is 11.8 Å². The summed E-state index contributed by atoms with van der Waals surface area (Å²) in [5.41, 5.74) is 0. The van der Waals surface area contributed by atoms with Gasteiger partial charge in [0.25, 0.3) is 0 Å². The first-order valence-electron chi connectivity index (χ1n) is 5.14. The standard InChI is InChI=1S/C10H17NOS/c1-13-9-5-2-4-8(9)10(12)11-6-3-7-11/h8-9H,2-7H2,1H3. The van der Waals surface area contributed by atoms with Crippen LogP contribution in [0.4, 0.5) is 0 Å². The largest absolute Gasteiger partial charge is 0.342 e. The highest BCUT2D eigenvalue weighted by atomic mass is 32.2.